The van der Waals surface area contributed by atoms with Gasteiger partial charge in [-0.25, -0.2) is 4.98 Å². The molecule has 0 saturated heterocycles. The molecule has 1 aromatic heterocycles. The van der Waals surface area contributed by atoms with Crippen LogP contribution < -0.4 is 5.73 Å². The van der Waals surface area contributed by atoms with Crippen molar-refractivity contribution < 1.29 is 4.42 Å². The number of fused-ring (bicyclic) bond motifs is 2. The van der Waals surface area contributed by atoms with Crippen molar-refractivity contribution >= 4 is 16.8 Å². The van der Waals surface area contributed by atoms with Gasteiger partial charge in [-0.2, -0.15) is 0 Å². The van der Waals surface area contributed by atoms with Crippen molar-refractivity contribution in [1.82, 2.24) is 4.98 Å². The minimum Gasteiger partial charge on any atom is -0.436 e. The Kier molecular flexibility index (Phi) is 2.15. The van der Waals surface area contributed by atoms with Crippen molar-refractivity contribution in [3.63, 3.8) is 0 Å². The number of rotatable bonds is 1. The van der Waals surface area contributed by atoms with Crippen LogP contribution in [-0.2, 0) is 12.8 Å². The SMILES string of the molecule is Nc1ccc2oc(-c3ccc4c(c3)CCC4)nc2c1. The molecule has 2 N–H and O–H groups in total. The number of aromatic nitrogens is 1. The van der Waals surface area contributed by atoms with Crippen LogP contribution >= 0.6 is 0 Å². The van der Waals surface area contributed by atoms with Crippen LogP contribution in [0.3, 0.4) is 0 Å². The van der Waals surface area contributed by atoms with Crippen molar-refractivity contribution in [3.8, 4) is 11.5 Å². The second kappa shape index (κ2) is 3.85. The zero-order chi connectivity index (χ0) is 12.8. The maximum atomic E-state index is 5.80. The smallest absolute Gasteiger partial charge is 0.227 e. The molecule has 0 unspecified atom stereocenters. The molecule has 0 spiro atoms. The van der Waals surface area contributed by atoms with Gasteiger partial charge in [0.1, 0.15) is 5.52 Å². The van der Waals surface area contributed by atoms with E-state index in [0.29, 0.717) is 11.6 Å². The van der Waals surface area contributed by atoms with Crippen LogP contribution in [-0.4, -0.2) is 4.98 Å². The molecule has 0 radical (unpaired) electrons. The molecule has 3 heteroatoms. The van der Waals surface area contributed by atoms with E-state index in [-0.39, 0.29) is 0 Å². The predicted octanol–water partition coefficient (Wildman–Crippen LogP) is 3.57. The number of nitrogens with two attached hydrogens (primary N) is 1. The molecular formula is C16H14N2O. The monoisotopic (exact) mass is 250 g/mol. The molecule has 0 atom stereocenters. The Labute approximate surface area is 111 Å². The first-order chi connectivity index (χ1) is 9.29. The molecule has 1 aliphatic carbocycles. The normalized spacial score (nSPS) is 13.9. The summed E-state index contributed by atoms with van der Waals surface area (Å²) in [5.74, 6) is 0.676. The first-order valence-corrected chi connectivity index (χ1v) is 6.58. The van der Waals surface area contributed by atoms with E-state index in [1.54, 1.807) is 0 Å². The lowest BCUT2D eigenvalue weighted by Crippen LogP contribution is -1.84. The fourth-order valence-corrected chi connectivity index (χ4v) is 2.77. The molecule has 4 rings (SSSR count). The first kappa shape index (κ1) is 10.6. The van der Waals surface area contributed by atoms with Gasteiger partial charge in [-0.1, -0.05) is 6.07 Å². The van der Waals surface area contributed by atoms with E-state index in [4.69, 9.17) is 10.2 Å². The maximum absolute atomic E-state index is 5.80. The van der Waals surface area contributed by atoms with Crippen molar-refractivity contribution in [3.05, 3.63) is 47.5 Å². The summed E-state index contributed by atoms with van der Waals surface area (Å²) < 4.78 is 5.80. The van der Waals surface area contributed by atoms with E-state index < -0.39 is 0 Å². The summed E-state index contributed by atoms with van der Waals surface area (Å²) in [4.78, 5) is 4.52. The summed E-state index contributed by atoms with van der Waals surface area (Å²) in [7, 11) is 0. The molecule has 0 aliphatic heterocycles. The Morgan fingerprint density at radius 3 is 2.84 bits per heavy atom. The lowest BCUT2D eigenvalue weighted by Gasteiger charge is -2.00. The van der Waals surface area contributed by atoms with Crippen molar-refractivity contribution in [2.45, 2.75) is 19.3 Å². The van der Waals surface area contributed by atoms with Crippen molar-refractivity contribution in [2.24, 2.45) is 0 Å². The molecule has 0 bridgehead atoms. The molecule has 0 amide bonds. The summed E-state index contributed by atoms with van der Waals surface area (Å²) in [6, 6.07) is 12.0. The topological polar surface area (TPSA) is 52.0 Å². The molecule has 0 fully saturated rings. The largest absolute Gasteiger partial charge is 0.436 e. The maximum Gasteiger partial charge on any atom is 0.227 e. The van der Waals surface area contributed by atoms with Crippen LogP contribution in [0.1, 0.15) is 17.5 Å². The second-order valence-electron chi connectivity index (χ2n) is 5.08. The molecule has 1 heterocycles. The van der Waals surface area contributed by atoms with Gasteiger partial charge in [0.2, 0.25) is 5.89 Å². The fourth-order valence-electron chi connectivity index (χ4n) is 2.77. The number of nitrogen functional groups attached to an aromatic ring is 1. The van der Waals surface area contributed by atoms with Gasteiger partial charge in [-0.15, -0.1) is 0 Å². The summed E-state index contributed by atoms with van der Waals surface area (Å²) in [5.41, 5.74) is 12.0. The average molecular weight is 250 g/mol. The Hall–Kier alpha value is -2.29. The molecule has 3 aromatic rings. The van der Waals surface area contributed by atoms with Gasteiger partial charge in [0, 0.05) is 11.3 Å². The van der Waals surface area contributed by atoms with Crippen molar-refractivity contribution in [2.75, 3.05) is 5.73 Å². The Morgan fingerprint density at radius 2 is 1.89 bits per heavy atom. The summed E-state index contributed by atoms with van der Waals surface area (Å²) >= 11 is 0. The van der Waals surface area contributed by atoms with Crippen LogP contribution in [0.4, 0.5) is 5.69 Å². The molecule has 19 heavy (non-hydrogen) atoms. The van der Waals surface area contributed by atoms with E-state index in [1.165, 1.54) is 24.0 Å². The van der Waals surface area contributed by atoms with E-state index in [2.05, 4.69) is 23.2 Å². The van der Waals surface area contributed by atoms with Crippen molar-refractivity contribution in [1.29, 1.82) is 0 Å². The Morgan fingerprint density at radius 1 is 1.00 bits per heavy atom. The van der Waals surface area contributed by atoms with Gasteiger partial charge in [0.25, 0.3) is 0 Å². The number of hydrogen-bond acceptors (Lipinski definition) is 3. The first-order valence-electron chi connectivity index (χ1n) is 6.58. The van der Waals surface area contributed by atoms with Crippen LogP contribution in [0.5, 0.6) is 0 Å². The Bertz CT molecular complexity index is 774. The molecule has 1 aliphatic rings. The van der Waals surface area contributed by atoms with Gasteiger partial charge in [-0.05, 0) is 60.7 Å². The highest BCUT2D eigenvalue weighted by Crippen LogP contribution is 2.30. The van der Waals surface area contributed by atoms with E-state index >= 15 is 0 Å². The number of aryl methyl sites for hydroxylation is 2. The predicted molar refractivity (Wildman–Crippen MR) is 75.9 cm³/mol. The zero-order valence-corrected chi connectivity index (χ0v) is 10.5. The number of nitrogens with zero attached hydrogens (tertiary/aromatic N) is 1. The van der Waals surface area contributed by atoms with Crippen LogP contribution in [0.15, 0.2) is 40.8 Å². The standard InChI is InChI=1S/C16H14N2O/c17-13-6-7-15-14(9-13)18-16(19-15)12-5-4-10-2-1-3-11(10)8-12/h4-9H,1-3,17H2. The minimum atomic E-state index is 0.676. The quantitative estimate of drug-likeness (QED) is 0.672. The van der Waals surface area contributed by atoms with E-state index in [0.717, 1.165) is 23.1 Å². The zero-order valence-electron chi connectivity index (χ0n) is 10.5. The lowest BCUT2D eigenvalue weighted by atomic mass is 10.1. The lowest BCUT2D eigenvalue weighted by molar-refractivity contribution is 0.620. The molecule has 94 valence electrons. The van der Waals surface area contributed by atoms with Gasteiger partial charge in [0.05, 0.1) is 0 Å². The van der Waals surface area contributed by atoms with Crippen LogP contribution in [0, 0.1) is 0 Å². The number of benzene rings is 2. The van der Waals surface area contributed by atoms with E-state index in [1.807, 2.05) is 18.2 Å². The van der Waals surface area contributed by atoms with Crippen LogP contribution in [0.2, 0.25) is 0 Å². The molecule has 0 saturated carbocycles. The highest BCUT2D eigenvalue weighted by Gasteiger charge is 2.14. The summed E-state index contributed by atoms with van der Waals surface area (Å²) in [5, 5.41) is 0. The van der Waals surface area contributed by atoms with Gasteiger partial charge < -0.3 is 10.2 Å². The molecular weight excluding hydrogens is 236 g/mol. The highest BCUT2D eigenvalue weighted by atomic mass is 16.3. The summed E-state index contributed by atoms with van der Waals surface area (Å²) in [6.45, 7) is 0. The van der Waals surface area contributed by atoms with Crippen LogP contribution in [0.25, 0.3) is 22.6 Å². The fraction of sp³-hybridized carbons (Fsp3) is 0.188. The second-order valence-corrected chi connectivity index (χ2v) is 5.08. The third-order valence-electron chi connectivity index (χ3n) is 3.76. The Balaban J connectivity index is 1.85. The number of hydrogen-bond donors (Lipinski definition) is 1. The average Bonchev–Trinajstić information content (AvgIpc) is 3.02. The molecule has 2 aromatic carbocycles. The summed E-state index contributed by atoms with van der Waals surface area (Å²) in [6.07, 6.45) is 3.61. The third kappa shape index (κ3) is 1.70. The number of anilines is 1. The van der Waals surface area contributed by atoms with E-state index in [9.17, 15) is 0 Å². The van der Waals surface area contributed by atoms with Gasteiger partial charge >= 0.3 is 0 Å². The number of oxazole rings is 1. The third-order valence-corrected chi connectivity index (χ3v) is 3.76. The minimum absolute atomic E-state index is 0.676. The van der Waals surface area contributed by atoms with Gasteiger partial charge in [-0.3, -0.25) is 0 Å². The van der Waals surface area contributed by atoms with Gasteiger partial charge in [0.15, 0.2) is 5.58 Å². The highest BCUT2D eigenvalue weighted by molar-refractivity contribution is 5.79. The molecule has 3 nitrogen and oxygen atoms in total.